The molecule has 0 bridgehead atoms. The van der Waals surface area contributed by atoms with Crippen molar-refractivity contribution in [3.63, 3.8) is 0 Å². The smallest absolute Gasteiger partial charge is 0.225 e. The average Bonchev–Trinajstić information content (AvgIpc) is 2.84. The summed E-state index contributed by atoms with van der Waals surface area (Å²) in [6.07, 6.45) is 3.83. The first kappa shape index (κ1) is 13.6. The minimum atomic E-state index is 0.285. The molecule has 0 aliphatic heterocycles. The SMILES string of the molecule is CNc1nc(NCC2(N(C)C)CCC2)c2ccsc2n1. The Morgan fingerprint density at radius 2 is 2.15 bits per heavy atom. The summed E-state index contributed by atoms with van der Waals surface area (Å²) in [5.74, 6) is 1.61. The highest BCUT2D eigenvalue weighted by atomic mass is 32.1. The fraction of sp³-hybridized carbons (Fsp3) is 0.571. The summed E-state index contributed by atoms with van der Waals surface area (Å²) in [4.78, 5) is 12.4. The van der Waals surface area contributed by atoms with Crippen LogP contribution < -0.4 is 10.6 Å². The first-order chi connectivity index (χ1) is 9.64. The summed E-state index contributed by atoms with van der Waals surface area (Å²) in [7, 11) is 6.19. The Kier molecular flexibility index (Phi) is 3.52. The zero-order valence-corrected chi connectivity index (χ0v) is 13.0. The maximum atomic E-state index is 4.57. The number of fused-ring (bicyclic) bond motifs is 1. The van der Waals surface area contributed by atoms with Crippen LogP contribution in [0.2, 0.25) is 0 Å². The van der Waals surface area contributed by atoms with E-state index in [9.17, 15) is 0 Å². The molecule has 1 fully saturated rings. The molecule has 20 heavy (non-hydrogen) atoms. The van der Waals surface area contributed by atoms with Crippen LogP contribution in [0.25, 0.3) is 10.2 Å². The Hall–Kier alpha value is -1.40. The van der Waals surface area contributed by atoms with Crippen LogP contribution in [0.4, 0.5) is 11.8 Å². The Labute approximate surface area is 123 Å². The molecule has 1 saturated carbocycles. The van der Waals surface area contributed by atoms with Gasteiger partial charge < -0.3 is 15.5 Å². The molecule has 3 rings (SSSR count). The number of aromatic nitrogens is 2. The van der Waals surface area contributed by atoms with E-state index in [1.807, 2.05) is 7.05 Å². The molecule has 2 aromatic heterocycles. The minimum absolute atomic E-state index is 0.285. The number of anilines is 2. The lowest BCUT2D eigenvalue weighted by atomic mass is 9.75. The predicted molar refractivity (Wildman–Crippen MR) is 85.7 cm³/mol. The van der Waals surface area contributed by atoms with Gasteiger partial charge in [0.15, 0.2) is 0 Å². The van der Waals surface area contributed by atoms with E-state index in [4.69, 9.17) is 0 Å². The zero-order valence-electron chi connectivity index (χ0n) is 12.2. The number of hydrogen-bond donors (Lipinski definition) is 2. The van der Waals surface area contributed by atoms with Gasteiger partial charge in [-0.15, -0.1) is 11.3 Å². The number of hydrogen-bond acceptors (Lipinski definition) is 6. The van der Waals surface area contributed by atoms with E-state index in [0.717, 1.165) is 22.6 Å². The molecule has 108 valence electrons. The van der Waals surface area contributed by atoms with Crippen LogP contribution in [0.3, 0.4) is 0 Å². The van der Waals surface area contributed by atoms with Crippen molar-refractivity contribution in [2.75, 3.05) is 38.3 Å². The minimum Gasteiger partial charge on any atom is -0.368 e. The van der Waals surface area contributed by atoms with Crippen LogP contribution in [0.5, 0.6) is 0 Å². The van der Waals surface area contributed by atoms with Crippen molar-refractivity contribution in [3.8, 4) is 0 Å². The van der Waals surface area contributed by atoms with E-state index in [1.165, 1.54) is 19.3 Å². The van der Waals surface area contributed by atoms with Crippen molar-refractivity contribution in [2.45, 2.75) is 24.8 Å². The predicted octanol–water partition coefficient (Wildman–Crippen LogP) is 2.63. The van der Waals surface area contributed by atoms with Gasteiger partial charge in [-0.05, 0) is 44.8 Å². The first-order valence-electron chi connectivity index (χ1n) is 6.99. The molecule has 0 atom stereocenters. The second-order valence-corrected chi connectivity index (χ2v) is 6.51. The number of nitrogens with one attached hydrogen (secondary N) is 2. The topological polar surface area (TPSA) is 53.1 Å². The molecule has 2 aromatic rings. The highest BCUT2D eigenvalue weighted by molar-refractivity contribution is 7.16. The summed E-state index contributed by atoms with van der Waals surface area (Å²) < 4.78 is 0. The highest BCUT2D eigenvalue weighted by Crippen LogP contribution is 2.36. The van der Waals surface area contributed by atoms with Gasteiger partial charge in [-0.2, -0.15) is 4.98 Å². The van der Waals surface area contributed by atoms with Gasteiger partial charge in [0.2, 0.25) is 5.95 Å². The molecule has 0 aromatic carbocycles. The third kappa shape index (κ3) is 2.23. The average molecular weight is 291 g/mol. The molecule has 0 spiro atoms. The Balaban J connectivity index is 1.85. The molecule has 0 saturated heterocycles. The largest absolute Gasteiger partial charge is 0.368 e. The fourth-order valence-electron chi connectivity index (χ4n) is 2.72. The quantitative estimate of drug-likeness (QED) is 0.887. The summed E-state index contributed by atoms with van der Waals surface area (Å²) in [6.45, 7) is 0.936. The van der Waals surface area contributed by atoms with Gasteiger partial charge in [-0.3, -0.25) is 0 Å². The zero-order chi connectivity index (χ0) is 14.2. The summed E-state index contributed by atoms with van der Waals surface area (Å²) in [5, 5.41) is 9.76. The van der Waals surface area contributed by atoms with E-state index in [-0.39, 0.29) is 5.54 Å². The van der Waals surface area contributed by atoms with E-state index >= 15 is 0 Å². The van der Waals surface area contributed by atoms with E-state index in [1.54, 1.807) is 11.3 Å². The lowest BCUT2D eigenvalue weighted by Gasteiger charge is -2.47. The standard InChI is InChI=1S/C14H21N5S/c1-15-13-17-11(10-5-8-20-12(10)18-13)16-9-14(19(2)3)6-4-7-14/h5,8H,4,6-7,9H2,1-3H3,(H2,15,16,17,18). The normalized spacial score (nSPS) is 17.2. The van der Waals surface area contributed by atoms with Gasteiger partial charge >= 0.3 is 0 Å². The van der Waals surface area contributed by atoms with Crippen LogP contribution in [0.15, 0.2) is 11.4 Å². The van der Waals surface area contributed by atoms with Crippen molar-refractivity contribution in [1.29, 1.82) is 0 Å². The van der Waals surface area contributed by atoms with Gasteiger partial charge in [0, 0.05) is 19.1 Å². The van der Waals surface area contributed by atoms with Crippen molar-refractivity contribution >= 4 is 33.3 Å². The second-order valence-electron chi connectivity index (χ2n) is 5.61. The van der Waals surface area contributed by atoms with Crippen LogP contribution in [-0.4, -0.2) is 48.1 Å². The van der Waals surface area contributed by atoms with Crippen LogP contribution in [-0.2, 0) is 0 Å². The summed E-state index contributed by atoms with van der Waals surface area (Å²) in [6, 6.07) is 2.09. The van der Waals surface area contributed by atoms with Crippen molar-refractivity contribution in [3.05, 3.63) is 11.4 Å². The van der Waals surface area contributed by atoms with Gasteiger partial charge in [0.25, 0.3) is 0 Å². The van der Waals surface area contributed by atoms with Gasteiger partial charge in [0.05, 0.1) is 5.39 Å². The molecule has 0 unspecified atom stereocenters. The number of rotatable bonds is 5. The second kappa shape index (κ2) is 5.18. The van der Waals surface area contributed by atoms with Crippen molar-refractivity contribution in [2.24, 2.45) is 0 Å². The van der Waals surface area contributed by atoms with E-state index in [2.05, 4.69) is 51.0 Å². The first-order valence-corrected chi connectivity index (χ1v) is 7.87. The van der Waals surface area contributed by atoms with Gasteiger partial charge in [-0.1, -0.05) is 0 Å². The molecule has 1 aliphatic rings. The molecule has 2 heterocycles. The molecule has 0 amide bonds. The molecular formula is C14H21N5S. The van der Waals surface area contributed by atoms with Crippen LogP contribution >= 0.6 is 11.3 Å². The maximum absolute atomic E-state index is 4.57. The van der Waals surface area contributed by atoms with Gasteiger partial charge in [-0.25, -0.2) is 4.98 Å². The molecule has 6 heteroatoms. The number of thiophene rings is 1. The van der Waals surface area contributed by atoms with E-state index < -0.39 is 0 Å². The molecular weight excluding hydrogens is 270 g/mol. The summed E-state index contributed by atoms with van der Waals surface area (Å²) >= 11 is 1.65. The van der Waals surface area contributed by atoms with Crippen molar-refractivity contribution < 1.29 is 0 Å². The Morgan fingerprint density at radius 1 is 1.35 bits per heavy atom. The molecule has 0 radical (unpaired) electrons. The number of likely N-dealkylation sites (N-methyl/N-ethyl adjacent to an activating group) is 1. The monoisotopic (exact) mass is 291 g/mol. The molecule has 1 aliphatic carbocycles. The highest BCUT2D eigenvalue weighted by Gasteiger charge is 2.38. The third-order valence-electron chi connectivity index (χ3n) is 4.37. The molecule has 2 N–H and O–H groups in total. The number of nitrogens with zero attached hydrogens (tertiary/aromatic N) is 3. The van der Waals surface area contributed by atoms with E-state index in [0.29, 0.717) is 5.95 Å². The Morgan fingerprint density at radius 3 is 2.75 bits per heavy atom. The maximum Gasteiger partial charge on any atom is 0.225 e. The van der Waals surface area contributed by atoms with Crippen molar-refractivity contribution in [1.82, 2.24) is 14.9 Å². The van der Waals surface area contributed by atoms with Crippen LogP contribution in [0.1, 0.15) is 19.3 Å². The lowest BCUT2D eigenvalue weighted by molar-refractivity contribution is 0.0738. The summed E-state index contributed by atoms with van der Waals surface area (Å²) in [5.41, 5.74) is 0.285. The fourth-order valence-corrected chi connectivity index (χ4v) is 3.48. The third-order valence-corrected chi connectivity index (χ3v) is 5.17. The Bertz CT molecular complexity index is 603. The van der Waals surface area contributed by atoms with Crippen LogP contribution in [0, 0.1) is 0 Å². The van der Waals surface area contributed by atoms with Gasteiger partial charge in [0.1, 0.15) is 10.6 Å². The lowest BCUT2D eigenvalue weighted by Crippen LogP contribution is -2.54. The molecule has 5 nitrogen and oxygen atoms in total.